The summed E-state index contributed by atoms with van der Waals surface area (Å²) < 4.78 is 45.2. The predicted octanol–water partition coefficient (Wildman–Crippen LogP) is 4.17. The topological polar surface area (TPSA) is 85.7 Å². The van der Waals surface area contributed by atoms with Gasteiger partial charge in [0.15, 0.2) is 5.96 Å². The van der Waals surface area contributed by atoms with Gasteiger partial charge >= 0.3 is 6.36 Å². The zero-order chi connectivity index (χ0) is 18.4. The molecule has 0 radical (unpaired) electrons. The van der Waals surface area contributed by atoms with E-state index in [2.05, 4.69) is 20.2 Å². The van der Waals surface area contributed by atoms with Crippen molar-refractivity contribution in [1.29, 1.82) is 0 Å². The lowest BCUT2D eigenvalue weighted by atomic mass is 10.1. The normalized spacial score (nSPS) is 11.8. The number of aryl methyl sites for hydroxylation is 2. The second-order valence-corrected chi connectivity index (χ2v) is 5.37. The summed E-state index contributed by atoms with van der Waals surface area (Å²) in [5.41, 5.74) is 8.22. The van der Waals surface area contributed by atoms with Crippen LogP contribution < -0.4 is 15.8 Å². The van der Waals surface area contributed by atoms with Gasteiger partial charge in [-0.2, -0.15) is 0 Å². The van der Waals surface area contributed by atoms with Gasteiger partial charge in [-0.25, -0.2) is 0 Å². The minimum atomic E-state index is -4.71. The average molecular weight is 484 g/mol. The van der Waals surface area contributed by atoms with Gasteiger partial charge in [0.25, 0.3) is 0 Å². The van der Waals surface area contributed by atoms with Crippen LogP contribution in [0.25, 0.3) is 0 Å². The molecule has 0 spiro atoms. The van der Waals surface area contributed by atoms with Crippen LogP contribution in [0.1, 0.15) is 23.4 Å². The molecule has 26 heavy (non-hydrogen) atoms. The zero-order valence-corrected chi connectivity index (χ0v) is 16.6. The molecular formula is C16H20F3IN4O2. The monoisotopic (exact) mass is 484 g/mol. The fourth-order valence-corrected chi connectivity index (χ4v) is 2.24. The standard InChI is InChI=1S/C16H19F3N4O2.HI/c1-10-14(11(2)25-23-10)4-3-9-21-15(20)22-12-5-7-13(8-6-12)24-16(17,18)19;/h5-8H,3-4,9H2,1-2H3,(H3,20,21,22);1H. The molecule has 1 aromatic carbocycles. The van der Waals surface area contributed by atoms with E-state index in [0.717, 1.165) is 29.9 Å². The molecule has 6 nitrogen and oxygen atoms in total. The zero-order valence-electron chi connectivity index (χ0n) is 14.3. The Morgan fingerprint density at radius 3 is 2.46 bits per heavy atom. The van der Waals surface area contributed by atoms with Gasteiger partial charge in [-0.3, -0.25) is 4.99 Å². The number of aliphatic imine (C=N–C) groups is 1. The van der Waals surface area contributed by atoms with Crippen molar-refractivity contribution in [2.24, 2.45) is 10.7 Å². The van der Waals surface area contributed by atoms with E-state index in [1.54, 1.807) is 0 Å². The minimum Gasteiger partial charge on any atom is -0.406 e. The van der Waals surface area contributed by atoms with Crippen molar-refractivity contribution in [2.75, 3.05) is 11.9 Å². The maximum absolute atomic E-state index is 12.1. The number of alkyl halides is 3. The largest absolute Gasteiger partial charge is 0.573 e. The van der Waals surface area contributed by atoms with Crippen LogP contribution in [0.15, 0.2) is 33.8 Å². The molecule has 1 aromatic heterocycles. The first kappa shape index (κ1) is 22.1. The van der Waals surface area contributed by atoms with Crippen LogP contribution in [0.3, 0.4) is 0 Å². The lowest BCUT2D eigenvalue weighted by molar-refractivity contribution is -0.274. The summed E-state index contributed by atoms with van der Waals surface area (Å²) in [7, 11) is 0. The van der Waals surface area contributed by atoms with Gasteiger partial charge in [0.1, 0.15) is 11.5 Å². The highest BCUT2D eigenvalue weighted by Gasteiger charge is 2.30. The van der Waals surface area contributed by atoms with Crippen molar-refractivity contribution in [3.63, 3.8) is 0 Å². The summed E-state index contributed by atoms with van der Waals surface area (Å²) in [6.45, 7) is 4.25. The molecule has 0 amide bonds. The van der Waals surface area contributed by atoms with Crippen LogP contribution in [0.2, 0.25) is 0 Å². The maximum Gasteiger partial charge on any atom is 0.573 e. The first-order valence-corrected chi connectivity index (χ1v) is 7.59. The fourth-order valence-electron chi connectivity index (χ4n) is 2.24. The Labute approximate surface area is 166 Å². The Morgan fingerprint density at radius 1 is 1.27 bits per heavy atom. The molecule has 0 unspecified atom stereocenters. The van der Waals surface area contributed by atoms with Crippen molar-refractivity contribution < 1.29 is 22.4 Å². The smallest absolute Gasteiger partial charge is 0.406 e. The van der Waals surface area contributed by atoms with Crippen molar-refractivity contribution in [1.82, 2.24) is 5.16 Å². The van der Waals surface area contributed by atoms with E-state index in [4.69, 9.17) is 10.3 Å². The summed E-state index contributed by atoms with van der Waals surface area (Å²) in [6, 6.07) is 5.24. The molecule has 0 aliphatic heterocycles. The van der Waals surface area contributed by atoms with Gasteiger partial charge in [0, 0.05) is 17.8 Å². The second-order valence-electron chi connectivity index (χ2n) is 5.37. The molecule has 0 saturated heterocycles. The van der Waals surface area contributed by atoms with Gasteiger partial charge in [-0.1, -0.05) is 5.16 Å². The quantitative estimate of drug-likeness (QED) is 0.278. The molecular weight excluding hydrogens is 464 g/mol. The summed E-state index contributed by atoms with van der Waals surface area (Å²) in [4.78, 5) is 4.18. The minimum absolute atomic E-state index is 0. The Hall–Kier alpha value is -1.98. The van der Waals surface area contributed by atoms with Crippen LogP contribution in [0.5, 0.6) is 5.75 Å². The molecule has 0 aliphatic carbocycles. The number of anilines is 1. The summed E-state index contributed by atoms with van der Waals surface area (Å²) in [5.74, 6) is 0.685. The van der Waals surface area contributed by atoms with Crippen molar-refractivity contribution >= 4 is 35.6 Å². The van der Waals surface area contributed by atoms with E-state index < -0.39 is 6.36 Å². The fraction of sp³-hybridized carbons (Fsp3) is 0.375. The SMILES string of the molecule is Cc1noc(C)c1CCCN=C(N)Nc1ccc(OC(F)(F)F)cc1.I. The molecule has 1 heterocycles. The molecule has 10 heteroatoms. The molecule has 0 atom stereocenters. The van der Waals surface area contributed by atoms with E-state index in [0.29, 0.717) is 12.2 Å². The molecule has 0 bridgehead atoms. The van der Waals surface area contributed by atoms with E-state index in [1.807, 2.05) is 13.8 Å². The Bertz CT molecular complexity index is 711. The number of hydrogen-bond donors (Lipinski definition) is 2. The van der Waals surface area contributed by atoms with E-state index in [-0.39, 0.29) is 35.7 Å². The van der Waals surface area contributed by atoms with Gasteiger partial charge in [-0.05, 0) is 51.0 Å². The molecule has 2 rings (SSSR count). The number of hydrogen-bond acceptors (Lipinski definition) is 4. The number of ether oxygens (including phenoxy) is 1. The van der Waals surface area contributed by atoms with E-state index in [1.165, 1.54) is 24.3 Å². The number of guanidine groups is 1. The number of halogens is 4. The molecule has 0 fully saturated rings. The summed E-state index contributed by atoms with van der Waals surface area (Å²) in [5, 5.41) is 6.70. The molecule has 0 aliphatic rings. The number of nitrogens with zero attached hydrogens (tertiary/aromatic N) is 2. The van der Waals surface area contributed by atoms with Crippen LogP contribution in [0.4, 0.5) is 18.9 Å². The first-order chi connectivity index (χ1) is 11.7. The lowest BCUT2D eigenvalue weighted by Crippen LogP contribution is -2.23. The highest BCUT2D eigenvalue weighted by Crippen LogP contribution is 2.23. The van der Waals surface area contributed by atoms with Gasteiger partial charge in [-0.15, -0.1) is 37.1 Å². The Morgan fingerprint density at radius 2 is 1.92 bits per heavy atom. The number of aromatic nitrogens is 1. The number of rotatable bonds is 6. The maximum atomic E-state index is 12.1. The van der Waals surface area contributed by atoms with Gasteiger partial charge in [0.2, 0.25) is 0 Å². The van der Waals surface area contributed by atoms with E-state index in [9.17, 15) is 13.2 Å². The molecule has 3 N–H and O–H groups in total. The molecule has 2 aromatic rings. The average Bonchev–Trinajstić information content (AvgIpc) is 2.83. The third-order valence-electron chi connectivity index (χ3n) is 3.41. The summed E-state index contributed by atoms with van der Waals surface area (Å²) in [6.07, 6.45) is -3.16. The van der Waals surface area contributed by atoms with Gasteiger partial charge in [0.05, 0.1) is 5.69 Å². The molecule has 144 valence electrons. The van der Waals surface area contributed by atoms with Gasteiger partial charge < -0.3 is 20.3 Å². The predicted molar refractivity (Wildman–Crippen MR) is 103 cm³/mol. The Kier molecular flexibility index (Phi) is 8.18. The van der Waals surface area contributed by atoms with Crippen molar-refractivity contribution in [3.05, 3.63) is 41.3 Å². The second kappa shape index (κ2) is 9.64. The highest BCUT2D eigenvalue weighted by atomic mass is 127. The van der Waals surface area contributed by atoms with Crippen molar-refractivity contribution in [3.8, 4) is 5.75 Å². The highest BCUT2D eigenvalue weighted by molar-refractivity contribution is 14.0. The Balaban J connectivity index is 0.00000338. The number of nitrogens with one attached hydrogen (secondary N) is 1. The first-order valence-electron chi connectivity index (χ1n) is 7.59. The third kappa shape index (κ3) is 7.10. The van der Waals surface area contributed by atoms with Crippen LogP contribution in [0, 0.1) is 13.8 Å². The summed E-state index contributed by atoms with van der Waals surface area (Å²) >= 11 is 0. The van der Waals surface area contributed by atoms with Crippen molar-refractivity contribution in [2.45, 2.75) is 33.1 Å². The molecule has 0 saturated carbocycles. The number of nitrogens with two attached hydrogens (primary N) is 1. The van der Waals surface area contributed by atoms with Crippen LogP contribution in [-0.4, -0.2) is 24.0 Å². The van der Waals surface area contributed by atoms with Crippen LogP contribution in [-0.2, 0) is 6.42 Å². The lowest BCUT2D eigenvalue weighted by Gasteiger charge is -2.10. The van der Waals surface area contributed by atoms with Crippen LogP contribution >= 0.6 is 24.0 Å². The third-order valence-corrected chi connectivity index (χ3v) is 3.41. The number of benzene rings is 1. The van der Waals surface area contributed by atoms with E-state index >= 15 is 0 Å².